The molecule has 7 heteroatoms. The van der Waals surface area contributed by atoms with Gasteiger partial charge < -0.3 is 10.2 Å². The minimum Gasteiger partial charge on any atom is -0.352 e. The molecular formula is C19H19F2N3O2. The molecular weight excluding hydrogens is 340 g/mol. The Morgan fingerprint density at radius 2 is 2.08 bits per heavy atom. The van der Waals surface area contributed by atoms with E-state index in [0.717, 1.165) is 24.5 Å². The summed E-state index contributed by atoms with van der Waals surface area (Å²) in [7, 11) is 0. The van der Waals surface area contributed by atoms with Gasteiger partial charge in [0.1, 0.15) is 11.6 Å². The number of pyridine rings is 1. The summed E-state index contributed by atoms with van der Waals surface area (Å²) in [5, 5.41) is 2.69. The van der Waals surface area contributed by atoms with Crippen molar-refractivity contribution in [1.82, 2.24) is 15.2 Å². The van der Waals surface area contributed by atoms with Gasteiger partial charge in [0.05, 0.1) is 17.3 Å². The van der Waals surface area contributed by atoms with Crippen LogP contribution in [-0.2, 0) is 11.3 Å². The van der Waals surface area contributed by atoms with Crippen LogP contribution in [0.25, 0.3) is 0 Å². The van der Waals surface area contributed by atoms with E-state index < -0.39 is 17.5 Å². The van der Waals surface area contributed by atoms with Crippen LogP contribution >= 0.6 is 0 Å². The lowest BCUT2D eigenvalue weighted by Crippen LogP contribution is -2.31. The monoisotopic (exact) mass is 359 g/mol. The molecule has 2 amide bonds. The second-order valence-corrected chi connectivity index (χ2v) is 6.28. The van der Waals surface area contributed by atoms with Crippen LogP contribution < -0.4 is 5.32 Å². The molecule has 0 spiro atoms. The van der Waals surface area contributed by atoms with Gasteiger partial charge in [-0.2, -0.15) is 0 Å². The van der Waals surface area contributed by atoms with E-state index in [9.17, 15) is 18.4 Å². The first-order valence-electron chi connectivity index (χ1n) is 8.41. The number of hydrogen-bond acceptors (Lipinski definition) is 3. The summed E-state index contributed by atoms with van der Waals surface area (Å²) in [6.45, 7) is 2.32. The molecule has 2 aromatic rings. The molecule has 2 heterocycles. The van der Waals surface area contributed by atoms with Crippen molar-refractivity contribution in [3.63, 3.8) is 0 Å². The van der Waals surface area contributed by atoms with E-state index in [1.165, 1.54) is 13.0 Å². The lowest BCUT2D eigenvalue weighted by Gasteiger charge is -2.24. The number of benzene rings is 1. The fourth-order valence-electron chi connectivity index (χ4n) is 3.10. The van der Waals surface area contributed by atoms with Crippen molar-refractivity contribution >= 4 is 11.8 Å². The first kappa shape index (κ1) is 18.0. The Balaban J connectivity index is 1.77. The standard InChI is InChI=1S/C19H19F2N3O2/c1-12(25)22-10-13-4-7-17(23-11-13)18-3-2-8-24(18)19(26)15-6-5-14(20)9-16(15)21/h4-7,9,11,18H,2-3,8,10H2,1H3,(H,22,25)/t18-/m1/s1. The van der Waals surface area contributed by atoms with Crippen molar-refractivity contribution in [2.75, 3.05) is 6.54 Å². The molecule has 1 fully saturated rings. The van der Waals surface area contributed by atoms with Gasteiger partial charge in [-0.05, 0) is 36.6 Å². The minimum absolute atomic E-state index is 0.122. The predicted molar refractivity (Wildman–Crippen MR) is 91.1 cm³/mol. The molecule has 0 radical (unpaired) electrons. The Labute approximate surface area is 150 Å². The number of carbonyl (C=O) groups excluding carboxylic acids is 2. The highest BCUT2D eigenvalue weighted by Gasteiger charge is 2.32. The van der Waals surface area contributed by atoms with Gasteiger partial charge in [0.25, 0.3) is 5.91 Å². The fourth-order valence-corrected chi connectivity index (χ4v) is 3.10. The Morgan fingerprint density at radius 3 is 2.73 bits per heavy atom. The summed E-state index contributed by atoms with van der Waals surface area (Å²) in [4.78, 5) is 29.6. The van der Waals surface area contributed by atoms with Gasteiger partial charge in [-0.3, -0.25) is 14.6 Å². The van der Waals surface area contributed by atoms with Gasteiger partial charge in [-0.25, -0.2) is 8.78 Å². The minimum atomic E-state index is -0.862. The van der Waals surface area contributed by atoms with Crippen LogP contribution in [0.5, 0.6) is 0 Å². The Bertz CT molecular complexity index is 824. The molecule has 1 aliphatic heterocycles. The molecule has 0 saturated carbocycles. The summed E-state index contributed by atoms with van der Waals surface area (Å²) < 4.78 is 27.0. The number of amides is 2. The third-order valence-electron chi connectivity index (χ3n) is 4.41. The second kappa shape index (κ2) is 7.59. The van der Waals surface area contributed by atoms with Crippen LogP contribution in [0, 0.1) is 11.6 Å². The number of likely N-dealkylation sites (tertiary alicyclic amines) is 1. The van der Waals surface area contributed by atoms with Crippen LogP contribution in [0.15, 0.2) is 36.5 Å². The van der Waals surface area contributed by atoms with E-state index in [2.05, 4.69) is 10.3 Å². The van der Waals surface area contributed by atoms with Crippen molar-refractivity contribution in [3.8, 4) is 0 Å². The molecule has 3 rings (SSSR count). The molecule has 1 aliphatic rings. The number of aromatic nitrogens is 1. The number of hydrogen-bond donors (Lipinski definition) is 1. The highest BCUT2D eigenvalue weighted by molar-refractivity contribution is 5.95. The molecule has 1 saturated heterocycles. The SMILES string of the molecule is CC(=O)NCc1ccc([C@H]2CCCN2C(=O)c2ccc(F)cc2F)nc1. The maximum absolute atomic E-state index is 13.9. The summed E-state index contributed by atoms with van der Waals surface area (Å²) in [6.07, 6.45) is 3.17. The maximum Gasteiger partial charge on any atom is 0.257 e. The smallest absolute Gasteiger partial charge is 0.257 e. The van der Waals surface area contributed by atoms with Gasteiger partial charge in [-0.15, -0.1) is 0 Å². The topological polar surface area (TPSA) is 62.3 Å². The molecule has 1 aromatic heterocycles. The molecule has 0 bridgehead atoms. The molecule has 5 nitrogen and oxygen atoms in total. The quantitative estimate of drug-likeness (QED) is 0.913. The molecule has 136 valence electrons. The first-order chi connectivity index (χ1) is 12.5. The highest BCUT2D eigenvalue weighted by Crippen LogP contribution is 2.32. The lowest BCUT2D eigenvalue weighted by atomic mass is 10.1. The number of halogens is 2. The molecule has 26 heavy (non-hydrogen) atoms. The van der Waals surface area contributed by atoms with Gasteiger partial charge in [-0.1, -0.05) is 6.07 Å². The zero-order chi connectivity index (χ0) is 18.7. The number of nitrogens with zero attached hydrogens (tertiary/aromatic N) is 2. The largest absolute Gasteiger partial charge is 0.352 e. The highest BCUT2D eigenvalue weighted by atomic mass is 19.1. The summed E-state index contributed by atoms with van der Waals surface area (Å²) in [6, 6.07) is 6.38. The van der Waals surface area contributed by atoms with Crippen LogP contribution in [0.3, 0.4) is 0 Å². The Morgan fingerprint density at radius 1 is 1.27 bits per heavy atom. The summed E-state index contributed by atoms with van der Waals surface area (Å²) in [5.41, 5.74) is 1.43. The normalized spacial score (nSPS) is 16.6. The average molecular weight is 359 g/mol. The predicted octanol–water partition coefficient (Wildman–Crippen LogP) is 2.97. The first-order valence-corrected chi connectivity index (χ1v) is 8.41. The third kappa shape index (κ3) is 3.87. The summed E-state index contributed by atoms with van der Waals surface area (Å²) >= 11 is 0. The number of carbonyl (C=O) groups is 2. The maximum atomic E-state index is 13.9. The molecule has 0 aliphatic carbocycles. The third-order valence-corrected chi connectivity index (χ3v) is 4.41. The van der Waals surface area contributed by atoms with Crippen molar-refractivity contribution in [3.05, 3.63) is 65.0 Å². The lowest BCUT2D eigenvalue weighted by molar-refractivity contribution is -0.119. The molecule has 1 aromatic carbocycles. The van der Waals surface area contributed by atoms with Crippen LogP contribution in [0.4, 0.5) is 8.78 Å². The van der Waals surface area contributed by atoms with E-state index >= 15 is 0 Å². The van der Waals surface area contributed by atoms with Crippen molar-refractivity contribution in [2.24, 2.45) is 0 Å². The van der Waals surface area contributed by atoms with Crippen LogP contribution in [-0.4, -0.2) is 28.2 Å². The number of nitrogens with one attached hydrogen (secondary N) is 1. The average Bonchev–Trinajstić information content (AvgIpc) is 3.09. The Hall–Kier alpha value is -2.83. The van der Waals surface area contributed by atoms with Crippen molar-refractivity contribution in [1.29, 1.82) is 0 Å². The Kier molecular flexibility index (Phi) is 5.25. The number of rotatable bonds is 4. The fraction of sp³-hybridized carbons (Fsp3) is 0.316. The molecule has 1 N–H and O–H groups in total. The molecule has 0 unspecified atom stereocenters. The van der Waals surface area contributed by atoms with Gasteiger partial charge >= 0.3 is 0 Å². The van der Waals surface area contributed by atoms with Gasteiger partial charge in [0.15, 0.2) is 0 Å². The van der Waals surface area contributed by atoms with Crippen molar-refractivity contribution < 1.29 is 18.4 Å². The van der Waals surface area contributed by atoms with Crippen LogP contribution in [0.2, 0.25) is 0 Å². The van der Waals surface area contributed by atoms with E-state index in [1.54, 1.807) is 11.1 Å². The van der Waals surface area contributed by atoms with Crippen LogP contribution in [0.1, 0.15) is 47.4 Å². The summed E-state index contributed by atoms with van der Waals surface area (Å²) in [5.74, 6) is -2.16. The van der Waals surface area contributed by atoms with Crippen molar-refractivity contribution in [2.45, 2.75) is 32.4 Å². The van der Waals surface area contributed by atoms with Gasteiger partial charge in [0.2, 0.25) is 5.91 Å². The van der Waals surface area contributed by atoms with E-state index in [1.807, 2.05) is 12.1 Å². The van der Waals surface area contributed by atoms with E-state index in [-0.39, 0.29) is 17.5 Å². The molecule has 1 atom stereocenters. The van der Waals surface area contributed by atoms with Gasteiger partial charge in [0, 0.05) is 32.3 Å². The van der Waals surface area contributed by atoms with E-state index in [0.29, 0.717) is 24.8 Å². The zero-order valence-electron chi connectivity index (χ0n) is 14.3. The second-order valence-electron chi connectivity index (χ2n) is 6.28. The zero-order valence-corrected chi connectivity index (χ0v) is 14.3. The van der Waals surface area contributed by atoms with E-state index in [4.69, 9.17) is 0 Å².